The molecule has 0 saturated carbocycles. The first-order chi connectivity index (χ1) is 8.88. The summed E-state index contributed by atoms with van der Waals surface area (Å²) < 4.78 is 5.52. The number of hydrogen-bond donors (Lipinski definition) is 1. The summed E-state index contributed by atoms with van der Waals surface area (Å²) in [5.41, 5.74) is 8.25. The lowest BCUT2D eigenvalue weighted by atomic mass is 10.1. The van der Waals surface area contributed by atoms with Gasteiger partial charge < -0.3 is 10.2 Å². The molecule has 3 rings (SSSR count). The number of aromatic nitrogens is 2. The van der Waals surface area contributed by atoms with Gasteiger partial charge in [-0.2, -0.15) is 0 Å². The standard InChI is InChI=1S/C14H13N3O/c15-7-5-14-16-8-6-12(17-14)11-9-18-13-4-2-1-3-10(11)13/h1-4,6,8-9H,5,7,15H2. The van der Waals surface area contributed by atoms with E-state index in [1.807, 2.05) is 30.3 Å². The van der Waals surface area contributed by atoms with Crippen molar-refractivity contribution >= 4 is 11.0 Å². The molecule has 0 amide bonds. The Balaban J connectivity index is 2.11. The maximum absolute atomic E-state index is 5.52. The molecular formula is C14H13N3O. The maximum Gasteiger partial charge on any atom is 0.134 e. The van der Waals surface area contributed by atoms with Crippen LogP contribution in [-0.4, -0.2) is 16.5 Å². The molecule has 4 heteroatoms. The van der Waals surface area contributed by atoms with Gasteiger partial charge in [0, 0.05) is 23.6 Å². The minimum absolute atomic E-state index is 0.551. The van der Waals surface area contributed by atoms with Crippen molar-refractivity contribution in [1.29, 1.82) is 0 Å². The van der Waals surface area contributed by atoms with E-state index in [4.69, 9.17) is 10.2 Å². The number of nitrogens with two attached hydrogens (primary N) is 1. The molecule has 0 aliphatic rings. The molecule has 2 heterocycles. The van der Waals surface area contributed by atoms with E-state index in [0.29, 0.717) is 13.0 Å². The first kappa shape index (κ1) is 10.9. The van der Waals surface area contributed by atoms with E-state index in [0.717, 1.165) is 28.1 Å². The van der Waals surface area contributed by atoms with Crippen LogP contribution in [0.1, 0.15) is 5.82 Å². The SMILES string of the molecule is NCCc1nccc(-c2coc3ccccc23)n1. The van der Waals surface area contributed by atoms with E-state index < -0.39 is 0 Å². The lowest BCUT2D eigenvalue weighted by Crippen LogP contribution is -2.06. The number of benzene rings is 1. The third-order valence-corrected chi connectivity index (χ3v) is 2.83. The highest BCUT2D eigenvalue weighted by Crippen LogP contribution is 2.28. The summed E-state index contributed by atoms with van der Waals surface area (Å²) in [5.74, 6) is 0.764. The van der Waals surface area contributed by atoms with Crippen LogP contribution in [0.15, 0.2) is 47.2 Å². The molecule has 4 nitrogen and oxygen atoms in total. The summed E-state index contributed by atoms with van der Waals surface area (Å²) in [7, 11) is 0. The second-order valence-electron chi connectivity index (χ2n) is 4.04. The van der Waals surface area contributed by atoms with Crippen molar-refractivity contribution in [2.24, 2.45) is 5.73 Å². The lowest BCUT2D eigenvalue weighted by Gasteiger charge is -2.01. The minimum atomic E-state index is 0.551. The van der Waals surface area contributed by atoms with Crippen LogP contribution in [0.5, 0.6) is 0 Å². The summed E-state index contributed by atoms with van der Waals surface area (Å²) in [4.78, 5) is 8.70. The molecule has 2 N–H and O–H groups in total. The van der Waals surface area contributed by atoms with E-state index in [2.05, 4.69) is 9.97 Å². The highest BCUT2D eigenvalue weighted by molar-refractivity contribution is 5.92. The van der Waals surface area contributed by atoms with Crippen LogP contribution in [0.4, 0.5) is 0 Å². The van der Waals surface area contributed by atoms with Crippen molar-refractivity contribution in [2.75, 3.05) is 6.54 Å². The van der Waals surface area contributed by atoms with Gasteiger partial charge in [-0.25, -0.2) is 9.97 Å². The van der Waals surface area contributed by atoms with Crippen LogP contribution in [0.3, 0.4) is 0 Å². The highest BCUT2D eigenvalue weighted by Gasteiger charge is 2.09. The van der Waals surface area contributed by atoms with Gasteiger partial charge in [-0.15, -0.1) is 0 Å². The monoisotopic (exact) mass is 239 g/mol. The predicted octanol–water partition coefficient (Wildman–Crippen LogP) is 2.39. The Morgan fingerprint density at radius 3 is 2.94 bits per heavy atom. The van der Waals surface area contributed by atoms with E-state index in [9.17, 15) is 0 Å². The van der Waals surface area contributed by atoms with Crippen LogP contribution in [0, 0.1) is 0 Å². The van der Waals surface area contributed by atoms with Crippen molar-refractivity contribution < 1.29 is 4.42 Å². The molecule has 0 atom stereocenters. The molecule has 0 fully saturated rings. The molecule has 0 radical (unpaired) electrons. The Labute approximate surface area is 104 Å². The van der Waals surface area contributed by atoms with Gasteiger partial charge in [0.25, 0.3) is 0 Å². The molecule has 2 aromatic heterocycles. The minimum Gasteiger partial charge on any atom is -0.464 e. The van der Waals surface area contributed by atoms with Crippen molar-refractivity contribution in [2.45, 2.75) is 6.42 Å². The molecule has 1 aromatic carbocycles. The summed E-state index contributed by atoms with van der Waals surface area (Å²) in [6, 6.07) is 9.80. The van der Waals surface area contributed by atoms with Gasteiger partial charge in [-0.1, -0.05) is 18.2 Å². The largest absolute Gasteiger partial charge is 0.464 e. The average Bonchev–Trinajstić information content (AvgIpc) is 2.83. The molecule has 0 bridgehead atoms. The second-order valence-corrected chi connectivity index (χ2v) is 4.04. The highest BCUT2D eigenvalue weighted by atomic mass is 16.3. The van der Waals surface area contributed by atoms with Gasteiger partial charge in [0.15, 0.2) is 0 Å². The van der Waals surface area contributed by atoms with E-state index in [1.165, 1.54) is 0 Å². The molecule has 0 saturated heterocycles. The molecule has 18 heavy (non-hydrogen) atoms. The number of hydrogen-bond acceptors (Lipinski definition) is 4. The smallest absolute Gasteiger partial charge is 0.134 e. The average molecular weight is 239 g/mol. The fourth-order valence-corrected chi connectivity index (χ4v) is 1.97. The van der Waals surface area contributed by atoms with Crippen LogP contribution >= 0.6 is 0 Å². The zero-order valence-electron chi connectivity index (χ0n) is 9.84. The van der Waals surface area contributed by atoms with Gasteiger partial charge >= 0.3 is 0 Å². The zero-order chi connectivity index (χ0) is 12.4. The number of para-hydroxylation sites is 1. The van der Waals surface area contributed by atoms with Crippen molar-refractivity contribution in [3.63, 3.8) is 0 Å². The van der Waals surface area contributed by atoms with Crippen molar-refractivity contribution in [3.05, 3.63) is 48.6 Å². The van der Waals surface area contributed by atoms with Crippen molar-refractivity contribution in [3.8, 4) is 11.3 Å². The third-order valence-electron chi connectivity index (χ3n) is 2.83. The molecule has 0 aliphatic heterocycles. The van der Waals surface area contributed by atoms with Crippen LogP contribution in [0.2, 0.25) is 0 Å². The first-order valence-electron chi connectivity index (χ1n) is 5.87. The molecule has 0 spiro atoms. The summed E-state index contributed by atoms with van der Waals surface area (Å²) in [6.45, 7) is 0.551. The Hall–Kier alpha value is -2.20. The first-order valence-corrected chi connectivity index (χ1v) is 5.87. The fraction of sp³-hybridized carbons (Fsp3) is 0.143. The number of fused-ring (bicyclic) bond motifs is 1. The van der Waals surface area contributed by atoms with Crippen LogP contribution < -0.4 is 5.73 Å². The van der Waals surface area contributed by atoms with Crippen LogP contribution in [-0.2, 0) is 6.42 Å². The normalized spacial score (nSPS) is 10.9. The maximum atomic E-state index is 5.52. The van der Waals surface area contributed by atoms with E-state index in [1.54, 1.807) is 12.5 Å². The van der Waals surface area contributed by atoms with E-state index in [-0.39, 0.29) is 0 Å². The lowest BCUT2D eigenvalue weighted by molar-refractivity contribution is 0.616. The van der Waals surface area contributed by atoms with E-state index >= 15 is 0 Å². The number of furan rings is 1. The third kappa shape index (κ3) is 1.87. The van der Waals surface area contributed by atoms with Gasteiger partial charge in [0.2, 0.25) is 0 Å². The van der Waals surface area contributed by atoms with Gasteiger partial charge in [0.05, 0.1) is 5.69 Å². The Morgan fingerprint density at radius 1 is 1.17 bits per heavy atom. The number of nitrogens with zero attached hydrogens (tertiary/aromatic N) is 2. The Bertz CT molecular complexity index is 675. The Kier molecular flexibility index (Phi) is 2.78. The van der Waals surface area contributed by atoms with Gasteiger partial charge in [0.1, 0.15) is 17.7 Å². The summed E-state index contributed by atoms with van der Waals surface area (Å²) in [5, 5.41) is 1.06. The molecular weight excluding hydrogens is 226 g/mol. The zero-order valence-corrected chi connectivity index (χ0v) is 9.84. The summed E-state index contributed by atoms with van der Waals surface area (Å²) >= 11 is 0. The molecule has 0 unspecified atom stereocenters. The molecule has 3 aromatic rings. The van der Waals surface area contributed by atoms with Crippen LogP contribution in [0.25, 0.3) is 22.2 Å². The quantitative estimate of drug-likeness (QED) is 0.762. The summed E-state index contributed by atoms with van der Waals surface area (Å²) in [6.07, 6.45) is 4.18. The Morgan fingerprint density at radius 2 is 2.06 bits per heavy atom. The molecule has 90 valence electrons. The van der Waals surface area contributed by atoms with Gasteiger partial charge in [-0.3, -0.25) is 0 Å². The predicted molar refractivity (Wildman–Crippen MR) is 70.0 cm³/mol. The van der Waals surface area contributed by atoms with Gasteiger partial charge in [-0.05, 0) is 18.7 Å². The van der Waals surface area contributed by atoms with Crippen molar-refractivity contribution in [1.82, 2.24) is 9.97 Å². The number of rotatable bonds is 3. The molecule has 0 aliphatic carbocycles. The topological polar surface area (TPSA) is 64.9 Å². The second kappa shape index (κ2) is 4.58. The fourth-order valence-electron chi connectivity index (χ4n) is 1.97.